The van der Waals surface area contributed by atoms with E-state index in [-0.39, 0.29) is 12.0 Å². The number of hydrogen-bond donors (Lipinski definition) is 0. The van der Waals surface area contributed by atoms with E-state index in [1.807, 2.05) is 27.1 Å². The molecule has 2 rings (SSSR count). The first-order chi connectivity index (χ1) is 8.60. The van der Waals surface area contributed by atoms with E-state index in [0.717, 1.165) is 10.7 Å². The second-order valence-corrected chi connectivity index (χ2v) is 5.27. The first-order valence-corrected chi connectivity index (χ1v) is 6.70. The maximum absolute atomic E-state index is 11.4. The van der Waals surface area contributed by atoms with Crippen molar-refractivity contribution in [3.8, 4) is 0 Å². The van der Waals surface area contributed by atoms with Gasteiger partial charge in [0.1, 0.15) is 0 Å². The molecule has 0 fully saturated rings. The van der Waals surface area contributed by atoms with Crippen molar-refractivity contribution in [1.29, 1.82) is 0 Å². The van der Waals surface area contributed by atoms with Crippen LogP contribution in [0.2, 0.25) is 0 Å². The normalized spacial score (nSPS) is 11.6. The minimum absolute atomic E-state index is 0.218. The average molecular weight is 267 g/mol. The summed E-state index contributed by atoms with van der Waals surface area (Å²) in [5, 5.41) is 2.00. The summed E-state index contributed by atoms with van der Waals surface area (Å²) in [4.78, 5) is 18.9. The van der Waals surface area contributed by atoms with E-state index in [9.17, 15) is 4.79 Å². The number of hydrogen-bond acceptors (Lipinski definition) is 5. The van der Waals surface area contributed by atoms with E-state index in [1.165, 1.54) is 7.11 Å². The van der Waals surface area contributed by atoms with Crippen LogP contribution in [-0.2, 0) is 16.1 Å². The van der Waals surface area contributed by atoms with Crippen LogP contribution in [0.1, 0.15) is 19.5 Å². The summed E-state index contributed by atoms with van der Waals surface area (Å²) in [7, 11) is 1.41. The molecule has 5 nitrogen and oxygen atoms in total. The van der Waals surface area contributed by atoms with E-state index in [0.29, 0.717) is 13.1 Å². The third kappa shape index (κ3) is 2.88. The van der Waals surface area contributed by atoms with E-state index in [1.54, 1.807) is 11.3 Å². The number of carbonyl (C=O) groups excluding carboxylic acids is 1. The monoisotopic (exact) mass is 267 g/mol. The number of imidazole rings is 1. The summed E-state index contributed by atoms with van der Waals surface area (Å²) < 4.78 is 6.71. The van der Waals surface area contributed by atoms with Crippen molar-refractivity contribution in [1.82, 2.24) is 14.3 Å². The smallest absolute Gasteiger partial charge is 0.319 e. The van der Waals surface area contributed by atoms with E-state index in [4.69, 9.17) is 4.74 Å². The highest BCUT2D eigenvalue weighted by atomic mass is 32.1. The maximum Gasteiger partial charge on any atom is 0.319 e. The van der Waals surface area contributed by atoms with Crippen LogP contribution in [-0.4, -0.2) is 40.0 Å². The van der Waals surface area contributed by atoms with Gasteiger partial charge in [-0.05, 0) is 13.8 Å². The molecular weight excluding hydrogens is 250 g/mol. The fourth-order valence-corrected chi connectivity index (χ4v) is 2.43. The van der Waals surface area contributed by atoms with Gasteiger partial charge in [0.05, 0.1) is 19.3 Å². The van der Waals surface area contributed by atoms with Crippen molar-refractivity contribution in [2.24, 2.45) is 0 Å². The van der Waals surface area contributed by atoms with Gasteiger partial charge in [-0.2, -0.15) is 0 Å². The highest BCUT2D eigenvalue weighted by molar-refractivity contribution is 7.15. The lowest BCUT2D eigenvalue weighted by molar-refractivity contribution is -0.142. The lowest BCUT2D eigenvalue weighted by atomic mass is 10.3. The SMILES string of the molecule is COC(=O)CN(Cc1cn2ccsc2n1)C(C)C. The first kappa shape index (κ1) is 13.0. The molecule has 0 aromatic carbocycles. The number of esters is 1. The number of carbonyl (C=O) groups is 1. The van der Waals surface area contributed by atoms with E-state index < -0.39 is 0 Å². The minimum atomic E-state index is -0.218. The molecule has 0 aliphatic carbocycles. The predicted molar refractivity (Wildman–Crippen MR) is 70.6 cm³/mol. The molecule has 6 heteroatoms. The second-order valence-electron chi connectivity index (χ2n) is 4.40. The molecule has 0 saturated carbocycles. The molecule has 0 aliphatic heterocycles. The molecule has 18 heavy (non-hydrogen) atoms. The van der Waals surface area contributed by atoms with Crippen LogP contribution in [0.3, 0.4) is 0 Å². The van der Waals surface area contributed by atoms with Gasteiger partial charge in [0.2, 0.25) is 0 Å². The highest BCUT2D eigenvalue weighted by Crippen LogP contribution is 2.14. The molecule has 0 aliphatic rings. The van der Waals surface area contributed by atoms with Crippen LogP contribution in [0.25, 0.3) is 4.96 Å². The standard InChI is InChI=1S/C12H17N3O2S/c1-9(2)15(8-11(16)17-3)7-10-6-14-4-5-18-12(14)13-10/h4-6,9H,7-8H2,1-3H3. The average Bonchev–Trinajstić information content (AvgIpc) is 2.88. The molecule has 0 saturated heterocycles. The number of methoxy groups -OCH3 is 1. The number of fused-ring (bicyclic) bond motifs is 1. The zero-order valence-corrected chi connectivity index (χ0v) is 11.6. The van der Waals surface area contributed by atoms with Crippen molar-refractivity contribution >= 4 is 22.3 Å². The molecule has 2 aromatic rings. The van der Waals surface area contributed by atoms with Gasteiger partial charge < -0.3 is 4.74 Å². The van der Waals surface area contributed by atoms with Crippen molar-refractivity contribution < 1.29 is 9.53 Å². The Balaban J connectivity index is 2.08. The lowest BCUT2D eigenvalue weighted by Crippen LogP contribution is -2.35. The zero-order valence-electron chi connectivity index (χ0n) is 10.8. The van der Waals surface area contributed by atoms with Crippen LogP contribution < -0.4 is 0 Å². The number of thiazole rings is 1. The minimum Gasteiger partial charge on any atom is -0.468 e. The first-order valence-electron chi connectivity index (χ1n) is 5.82. The Labute approximate surface area is 110 Å². The predicted octanol–water partition coefficient (Wildman–Crippen LogP) is 1.78. The summed E-state index contributed by atoms with van der Waals surface area (Å²) in [6.07, 6.45) is 3.98. The Morgan fingerprint density at radius 2 is 2.39 bits per heavy atom. The van der Waals surface area contributed by atoms with Crippen molar-refractivity contribution in [3.05, 3.63) is 23.5 Å². The van der Waals surface area contributed by atoms with Crippen LogP contribution in [0, 0.1) is 0 Å². The fraction of sp³-hybridized carbons (Fsp3) is 0.500. The van der Waals surface area contributed by atoms with Crippen molar-refractivity contribution in [2.75, 3.05) is 13.7 Å². The summed E-state index contributed by atoms with van der Waals surface area (Å²) in [5.41, 5.74) is 0.972. The molecule has 98 valence electrons. The quantitative estimate of drug-likeness (QED) is 0.775. The molecule has 2 aromatic heterocycles. The van der Waals surface area contributed by atoms with Gasteiger partial charge in [-0.15, -0.1) is 11.3 Å². The fourth-order valence-electron chi connectivity index (χ4n) is 1.71. The molecule has 0 bridgehead atoms. The number of ether oxygens (including phenoxy) is 1. The summed E-state index contributed by atoms with van der Waals surface area (Å²) in [6, 6.07) is 0.267. The van der Waals surface area contributed by atoms with Gasteiger partial charge in [0.15, 0.2) is 4.96 Å². The zero-order chi connectivity index (χ0) is 13.1. The Bertz CT molecular complexity index is 504. The number of aromatic nitrogens is 2. The van der Waals surface area contributed by atoms with Crippen molar-refractivity contribution in [3.63, 3.8) is 0 Å². The molecular formula is C12H17N3O2S. The van der Waals surface area contributed by atoms with Gasteiger partial charge in [-0.25, -0.2) is 4.98 Å². The molecule has 0 spiro atoms. The third-order valence-electron chi connectivity index (χ3n) is 2.80. The Hall–Kier alpha value is -1.40. The molecule has 0 amide bonds. The molecule has 2 heterocycles. The molecule has 0 atom stereocenters. The molecule has 0 unspecified atom stereocenters. The number of nitrogens with zero attached hydrogens (tertiary/aromatic N) is 3. The third-order valence-corrected chi connectivity index (χ3v) is 3.57. The van der Waals surface area contributed by atoms with Crippen LogP contribution in [0.4, 0.5) is 0 Å². The Kier molecular flexibility index (Phi) is 3.98. The van der Waals surface area contributed by atoms with Gasteiger partial charge >= 0.3 is 5.97 Å². The van der Waals surface area contributed by atoms with Gasteiger partial charge in [0.25, 0.3) is 0 Å². The Morgan fingerprint density at radius 3 is 3.00 bits per heavy atom. The van der Waals surface area contributed by atoms with E-state index in [2.05, 4.69) is 18.8 Å². The molecule has 0 radical (unpaired) electrons. The largest absolute Gasteiger partial charge is 0.468 e. The summed E-state index contributed by atoms with van der Waals surface area (Å²) >= 11 is 1.60. The highest BCUT2D eigenvalue weighted by Gasteiger charge is 2.16. The van der Waals surface area contributed by atoms with Crippen LogP contribution in [0.15, 0.2) is 17.8 Å². The second kappa shape index (κ2) is 5.49. The molecule has 0 N–H and O–H groups in total. The van der Waals surface area contributed by atoms with Gasteiger partial charge in [0, 0.05) is 30.4 Å². The topological polar surface area (TPSA) is 46.8 Å². The van der Waals surface area contributed by atoms with E-state index >= 15 is 0 Å². The van der Waals surface area contributed by atoms with Crippen molar-refractivity contribution in [2.45, 2.75) is 26.4 Å². The lowest BCUT2D eigenvalue weighted by Gasteiger charge is -2.23. The number of rotatable bonds is 5. The Morgan fingerprint density at radius 1 is 1.61 bits per heavy atom. The van der Waals surface area contributed by atoms with Gasteiger partial charge in [-0.3, -0.25) is 14.1 Å². The van der Waals surface area contributed by atoms with Gasteiger partial charge in [-0.1, -0.05) is 0 Å². The summed E-state index contributed by atoms with van der Waals surface area (Å²) in [6.45, 7) is 5.06. The van der Waals surface area contributed by atoms with Crippen LogP contribution >= 0.6 is 11.3 Å². The van der Waals surface area contributed by atoms with Crippen LogP contribution in [0.5, 0.6) is 0 Å². The summed E-state index contributed by atoms with van der Waals surface area (Å²) in [5.74, 6) is -0.218. The maximum atomic E-state index is 11.4.